The molecule has 0 unspecified atom stereocenters. The summed E-state index contributed by atoms with van der Waals surface area (Å²) >= 11 is 5.12. The Kier molecular flexibility index (Phi) is 5.96. The molecule has 6 heteroatoms. The molecule has 1 aromatic rings. The standard InChI is InChI=1S/C15H22N2O3S/c1-5-15(6-2,14(16)21)17-13(18)12-10(19-3)8-7-9-11(12)20-4/h7-9H,5-6H2,1-4H3,(H2,16,21)(H,17,18). The monoisotopic (exact) mass is 310 g/mol. The van der Waals surface area contributed by atoms with E-state index in [0.717, 1.165) is 0 Å². The first-order valence-corrected chi connectivity index (χ1v) is 7.20. The van der Waals surface area contributed by atoms with Crippen LogP contribution in [0.3, 0.4) is 0 Å². The van der Waals surface area contributed by atoms with Crippen molar-refractivity contribution in [2.75, 3.05) is 14.2 Å². The van der Waals surface area contributed by atoms with Crippen molar-refractivity contribution in [3.8, 4) is 11.5 Å². The summed E-state index contributed by atoms with van der Waals surface area (Å²) in [7, 11) is 3.01. The highest BCUT2D eigenvalue weighted by atomic mass is 32.1. The third-order valence-electron chi connectivity index (χ3n) is 3.69. The molecule has 1 aromatic carbocycles. The van der Waals surface area contributed by atoms with Gasteiger partial charge < -0.3 is 20.5 Å². The van der Waals surface area contributed by atoms with Crippen LogP contribution in [0, 0.1) is 0 Å². The maximum absolute atomic E-state index is 12.7. The van der Waals surface area contributed by atoms with Gasteiger partial charge in [0, 0.05) is 0 Å². The molecule has 0 saturated carbocycles. The van der Waals surface area contributed by atoms with Crippen molar-refractivity contribution in [1.29, 1.82) is 0 Å². The minimum Gasteiger partial charge on any atom is -0.496 e. The predicted octanol–water partition coefficient (Wildman–Crippen LogP) is 2.28. The number of hydrogen-bond donors (Lipinski definition) is 2. The minimum atomic E-state index is -0.710. The van der Waals surface area contributed by atoms with Crippen molar-refractivity contribution < 1.29 is 14.3 Å². The molecule has 0 aliphatic heterocycles. The molecule has 0 aliphatic rings. The summed E-state index contributed by atoms with van der Waals surface area (Å²) in [6, 6.07) is 5.17. The van der Waals surface area contributed by atoms with E-state index in [0.29, 0.717) is 29.9 Å². The van der Waals surface area contributed by atoms with E-state index in [1.54, 1.807) is 18.2 Å². The quantitative estimate of drug-likeness (QED) is 0.756. The smallest absolute Gasteiger partial charge is 0.259 e. The van der Waals surface area contributed by atoms with Gasteiger partial charge >= 0.3 is 0 Å². The molecular weight excluding hydrogens is 288 g/mol. The van der Waals surface area contributed by atoms with Crippen molar-refractivity contribution in [2.45, 2.75) is 32.2 Å². The summed E-state index contributed by atoms with van der Waals surface area (Å²) in [5.74, 6) is 0.563. The average molecular weight is 310 g/mol. The molecular formula is C15H22N2O3S. The fraction of sp³-hybridized carbons (Fsp3) is 0.467. The molecule has 0 radical (unpaired) electrons. The second-order valence-corrected chi connectivity index (χ2v) is 5.08. The van der Waals surface area contributed by atoms with Crippen LogP contribution in [0.25, 0.3) is 0 Å². The van der Waals surface area contributed by atoms with Gasteiger partial charge in [0.25, 0.3) is 5.91 Å². The summed E-state index contributed by atoms with van der Waals surface area (Å²) in [5, 5.41) is 2.93. The Morgan fingerprint density at radius 3 is 2.05 bits per heavy atom. The Morgan fingerprint density at radius 1 is 1.24 bits per heavy atom. The first-order chi connectivity index (χ1) is 9.95. The van der Waals surface area contributed by atoms with Crippen LogP contribution in [0.2, 0.25) is 0 Å². The van der Waals surface area contributed by atoms with Gasteiger partial charge in [-0.3, -0.25) is 4.79 Å². The van der Waals surface area contributed by atoms with Gasteiger partial charge in [0.15, 0.2) is 0 Å². The van der Waals surface area contributed by atoms with Crippen molar-refractivity contribution in [3.63, 3.8) is 0 Å². The summed E-state index contributed by atoms with van der Waals surface area (Å²) in [4.78, 5) is 12.9. The van der Waals surface area contributed by atoms with E-state index in [2.05, 4.69) is 5.32 Å². The van der Waals surface area contributed by atoms with Gasteiger partial charge in [-0.15, -0.1) is 0 Å². The number of rotatable bonds is 7. The third kappa shape index (κ3) is 3.44. The lowest BCUT2D eigenvalue weighted by atomic mass is 9.92. The van der Waals surface area contributed by atoms with Gasteiger partial charge in [-0.1, -0.05) is 32.1 Å². The Bertz CT molecular complexity index is 505. The highest BCUT2D eigenvalue weighted by Crippen LogP contribution is 2.29. The number of amides is 1. The van der Waals surface area contributed by atoms with Crippen LogP contribution >= 0.6 is 12.2 Å². The molecule has 0 saturated heterocycles. The van der Waals surface area contributed by atoms with E-state index in [1.165, 1.54) is 14.2 Å². The van der Waals surface area contributed by atoms with E-state index >= 15 is 0 Å². The second kappa shape index (κ2) is 7.26. The lowest BCUT2D eigenvalue weighted by molar-refractivity contribution is 0.0913. The van der Waals surface area contributed by atoms with Crippen LogP contribution in [-0.4, -0.2) is 30.7 Å². The minimum absolute atomic E-state index is 0.273. The van der Waals surface area contributed by atoms with Gasteiger partial charge in [0.2, 0.25) is 0 Å². The molecule has 21 heavy (non-hydrogen) atoms. The summed E-state index contributed by atoms with van der Waals surface area (Å²) in [6.45, 7) is 3.87. The van der Waals surface area contributed by atoms with Crippen molar-refractivity contribution in [1.82, 2.24) is 5.32 Å². The van der Waals surface area contributed by atoms with Gasteiger partial charge in [-0.05, 0) is 25.0 Å². The number of nitrogens with one attached hydrogen (secondary N) is 1. The van der Waals surface area contributed by atoms with E-state index in [4.69, 9.17) is 27.4 Å². The second-order valence-electron chi connectivity index (χ2n) is 4.65. The number of nitrogens with two attached hydrogens (primary N) is 1. The van der Waals surface area contributed by atoms with Crippen molar-refractivity contribution >= 4 is 23.1 Å². The van der Waals surface area contributed by atoms with Crippen LogP contribution in [0.4, 0.5) is 0 Å². The number of carbonyl (C=O) groups excluding carboxylic acids is 1. The fourth-order valence-corrected chi connectivity index (χ4v) is 2.53. The zero-order valence-corrected chi connectivity index (χ0v) is 13.7. The molecule has 116 valence electrons. The molecule has 0 aliphatic carbocycles. The lowest BCUT2D eigenvalue weighted by Gasteiger charge is -2.32. The highest BCUT2D eigenvalue weighted by Gasteiger charge is 2.33. The van der Waals surface area contributed by atoms with Crippen LogP contribution < -0.4 is 20.5 Å². The van der Waals surface area contributed by atoms with Crippen LogP contribution in [0.1, 0.15) is 37.0 Å². The Balaban J connectivity index is 3.23. The van der Waals surface area contributed by atoms with E-state index in [-0.39, 0.29) is 10.9 Å². The number of benzene rings is 1. The molecule has 0 heterocycles. The molecule has 0 spiro atoms. The molecule has 1 amide bonds. The maximum Gasteiger partial charge on any atom is 0.259 e. The molecule has 0 aromatic heterocycles. The molecule has 0 bridgehead atoms. The number of methoxy groups -OCH3 is 2. The predicted molar refractivity (Wildman–Crippen MR) is 87.1 cm³/mol. The molecule has 0 fully saturated rings. The zero-order valence-electron chi connectivity index (χ0n) is 12.9. The Hall–Kier alpha value is -1.82. The number of hydrogen-bond acceptors (Lipinski definition) is 4. The Labute approximate surface area is 130 Å². The molecule has 5 nitrogen and oxygen atoms in total. The molecule has 3 N–H and O–H groups in total. The Morgan fingerprint density at radius 2 is 1.71 bits per heavy atom. The normalized spacial score (nSPS) is 10.9. The van der Waals surface area contributed by atoms with Crippen LogP contribution in [0.5, 0.6) is 11.5 Å². The van der Waals surface area contributed by atoms with Crippen molar-refractivity contribution in [2.24, 2.45) is 5.73 Å². The first kappa shape index (κ1) is 17.2. The van der Waals surface area contributed by atoms with E-state index in [9.17, 15) is 4.79 Å². The third-order valence-corrected chi connectivity index (χ3v) is 4.08. The lowest BCUT2D eigenvalue weighted by Crippen LogP contribution is -2.56. The summed E-state index contributed by atoms with van der Waals surface area (Å²) in [5.41, 5.74) is 5.44. The van der Waals surface area contributed by atoms with Gasteiger partial charge in [-0.2, -0.15) is 0 Å². The summed E-state index contributed by atoms with van der Waals surface area (Å²) in [6.07, 6.45) is 1.23. The van der Waals surface area contributed by atoms with E-state index in [1.807, 2.05) is 13.8 Å². The highest BCUT2D eigenvalue weighted by molar-refractivity contribution is 7.80. The number of thiocarbonyl (C=S) groups is 1. The number of carbonyl (C=O) groups is 1. The number of ether oxygens (including phenoxy) is 2. The van der Waals surface area contributed by atoms with Crippen LogP contribution in [-0.2, 0) is 0 Å². The fourth-order valence-electron chi connectivity index (χ4n) is 2.19. The largest absolute Gasteiger partial charge is 0.496 e. The van der Waals surface area contributed by atoms with Gasteiger partial charge in [0.05, 0.1) is 24.7 Å². The average Bonchev–Trinajstić information content (AvgIpc) is 2.51. The zero-order chi connectivity index (χ0) is 16.0. The van der Waals surface area contributed by atoms with Crippen molar-refractivity contribution in [3.05, 3.63) is 23.8 Å². The molecule has 1 rings (SSSR count). The first-order valence-electron chi connectivity index (χ1n) is 6.79. The topological polar surface area (TPSA) is 73.6 Å². The van der Waals surface area contributed by atoms with Gasteiger partial charge in [0.1, 0.15) is 17.1 Å². The van der Waals surface area contributed by atoms with E-state index < -0.39 is 5.54 Å². The SMILES string of the molecule is CCC(CC)(NC(=O)c1c(OC)cccc1OC)C(N)=S. The van der Waals surface area contributed by atoms with Crippen LogP contribution in [0.15, 0.2) is 18.2 Å². The summed E-state index contributed by atoms with van der Waals surface area (Å²) < 4.78 is 10.5. The van der Waals surface area contributed by atoms with Gasteiger partial charge in [-0.25, -0.2) is 0 Å². The molecule has 0 atom stereocenters. The maximum atomic E-state index is 12.7.